The summed E-state index contributed by atoms with van der Waals surface area (Å²) >= 11 is 6.22. The summed E-state index contributed by atoms with van der Waals surface area (Å²) in [5, 5.41) is 5.06. The van der Waals surface area contributed by atoms with Gasteiger partial charge in [0.25, 0.3) is 0 Å². The molecule has 0 amide bonds. The minimum Gasteiger partial charge on any atom is -0.212 e. The van der Waals surface area contributed by atoms with Crippen molar-refractivity contribution in [3.63, 3.8) is 0 Å². The first-order chi connectivity index (χ1) is 7.97. The molecule has 0 unspecified atom stereocenters. The second-order valence-electron chi connectivity index (χ2n) is 5.16. The maximum Gasteiger partial charge on any atom is 0.157 e. The topological polar surface area (TPSA) is 30.2 Å². The van der Waals surface area contributed by atoms with Crippen LogP contribution in [-0.2, 0) is 6.42 Å². The Morgan fingerprint density at radius 2 is 1.94 bits per heavy atom. The van der Waals surface area contributed by atoms with Gasteiger partial charge in [-0.3, -0.25) is 0 Å². The molecule has 0 spiro atoms. The fourth-order valence-electron chi connectivity index (χ4n) is 1.79. The number of fused-ring (bicyclic) bond motifs is 1. The number of pyridine rings is 1. The third-order valence-corrected chi connectivity index (χ3v) is 2.99. The first kappa shape index (κ1) is 12.4. The third-order valence-electron chi connectivity index (χ3n) is 2.72. The van der Waals surface area contributed by atoms with E-state index >= 15 is 0 Å². The molecule has 0 saturated carbocycles. The predicted octanol–water partition coefficient (Wildman–Crippen LogP) is 3.70. The van der Waals surface area contributed by atoms with Gasteiger partial charge in [-0.05, 0) is 29.5 Å². The van der Waals surface area contributed by atoms with Gasteiger partial charge in [0.1, 0.15) is 5.15 Å². The van der Waals surface area contributed by atoms with E-state index in [4.69, 9.17) is 11.6 Å². The van der Waals surface area contributed by atoms with Crippen molar-refractivity contribution >= 4 is 17.2 Å². The molecule has 2 aromatic heterocycles. The minimum atomic E-state index is 0.447. The molecule has 0 fully saturated rings. The average Bonchev–Trinajstić information content (AvgIpc) is 2.59. The van der Waals surface area contributed by atoms with Gasteiger partial charge >= 0.3 is 0 Å². The van der Waals surface area contributed by atoms with E-state index in [1.807, 2.05) is 6.07 Å². The van der Waals surface area contributed by atoms with Gasteiger partial charge in [-0.15, -0.1) is 5.10 Å². The van der Waals surface area contributed by atoms with Crippen LogP contribution in [0.25, 0.3) is 5.65 Å². The third kappa shape index (κ3) is 2.60. The van der Waals surface area contributed by atoms with Crippen LogP contribution in [0.15, 0.2) is 12.1 Å². The summed E-state index contributed by atoms with van der Waals surface area (Å²) in [4.78, 5) is 4.52. The van der Waals surface area contributed by atoms with Crippen LogP contribution in [0.2, 0.25) is 5.15 Å². The van der Waals surface area contributed by atoms with Crippen LogP contribution in [0.1, 0.15) is 45.0 Å². The number of nitrogens with zero attached hydrogens (tertiary/aromatic N) is 3. The van der Waals surface area contributed by atoms with Crippen molar-refractivity contribution in [3.8, 4) is 0 Å². The summed E-state index contributed by atoms with van der Waals surface area (Å²) in [6.07, 6.45) is 0.884. The van der Waals surface area contributed by atoms with Gasteiger partial charge in [0.05, 0.1) is 0 Å². The Bertz CT molecular complexity index is 529. The highest BCUT2D eigenvalue weighted by atomic mass is 35.5. The monoisotopic (exact) mass is 251 g/mol. The number of hydrogen-bond acceptors (Lipinski definition) is 2. The van der Waals surface area contributed by atoms with Crippen LogP contribution in [0.4, 0.5) is 0 Å². The molecular weight excluding hydrogens is 234 g/mol. The van der Waals surface area contributed by atoms with E-state index in [1.54, 1.807) is 4.52 Å². The second kappa shape index (κ2) is 4.65. The molecule has 17 heavy (non-hydrogen) atoms. The Hall–Kier alpha value is -1.09. The average molecular weight is 252 g/mol. The van der Waals surface area contributed by atoms with Crippen molar-refractivity contribution in [1.29, 1.82) is 0 Å². The van der Waals surface area contributed by atoms with Gasteiger partial charge in [0.15, 0.2) is 11.5 Å². The van der Waals surface area contributed by atoms with Crippen molar-refractivity contribution in [2.45, 2.75) is 40.0 Å². The number of aromatic nitrogens is 3. The van der Waals surface area contributed by atoms with Crippen LogP contribution in [0.3, 0.4) is 0 Å². The lowest BCUT2D eigenvalue weighted by molar-refractivity contribution is 0.620. The molecule has 3 nitrogen and oxygen atoms in total. The van der Waals surface area contributed by atoms with E-state index in [1.165, 1.54) is 5.56 Å². The number of halogens is 1. The van der Waals surface area contributed by atoms with Gasteiger partial charge < -0.3 is 0 Å². The van der Waals surface area contributed by atoms with Crippen molar-refractivity contribution in [2.75, 3.05) is 0 Å². The van der Waals surface area contributed by atoms with E-state index in [9.17, 15) is 0 Å². The smallest absolute Gasteiger partial charge is 0.157 e. The second-order valence-corrected chi connectivity index (χ2v) is 5.55. The predicted molar refractivity (Wildman–Crippen MR) is 70.6 cm³/mol. The lowest BCUT2D eigenvalue weighted by Gasteiger charge is -2.05. The molecule has 0 bridgehead atoms. The summed E-state index contributed by atoms with van der Waals surface area (Å²) in [6.45, 7) is 8.61. The molecule has 2 aromatic rings. The van der Waals surface area contributed by atoms with Crippen molar-refractivity contribution in [2.24, 2.45) is 5.92 Å². The SMILES string of the molecule is CC(C)Cc1nc2cc(C(C)C)cc(Cl)n2n1. The largest absolute Gasteiger partial charge is 0.212 e. The first-order valence-electron chi connectivity index (χ1n) is 6.02. The van der Waals surface area contributed by atoms with Crippen molar-refractivity contribution in [3.05, 3.63) is 28.7 Å². The lowest BCUT2D eigenvalue weighted by Crippen LogP contribution is -1.97. The zero-order valence-electron chi connectivity index (χ0n) is 10.7. The highest BCUT2D eigenvalue weighted by Gasteiger charge is 2.10. The normalized spacial score (nSPS) is 11.9. The molecule has 2 heterocycles. The molecule has 0 radical (unpaired) electrons. The summed E-state index contributed by atoms with van der Waals surface area (Å²) < 4.78 is 1.71. The zero-order valence-corrected chi connectivity index (χ0v) is 11.5. The van der Waals surface area contributed by atoms with Gasteiger partial charge in [-0.1, -0.05) is 39.3 Å². The Morgan fingerprint density at radius 3 is 2.53 bits per heavy atom. The van der Waals surface area contributed by atoms with Crippen molar-refractivity contribution < 1.29 is 0 Å². The molecule has 92 valence electrons. The minimum absolute atomic E-state index is 0.447. The summed E-state index contributed by atoms with van der Waals surface area (Å²) in [5.74, 6) is 1.86. The molecular formula is C13H18ClN3. The van der Waals surface area contributed by atoms with Gasteiger partial charge in [-0.2, -0.15) is 0 Å². The maximum atomic E-state index is 6.22. The van der Waals surface area contributed by atoms with E-state index in [2.05, 4.69) is 43.8 Å². The van der Waals surface area contributed by atoms with E-state index < -0.39 is 0 Å². The number of rotatable bonds is 3. The first-order valence-corrected chi connectivity index (χ1v) is 6.40. The Labute approximate surface area is 107 Å². The van der Waals surface area contributed by atoms with Crippen LogP contribution in [0, 0.1) is 5.92 Å². The molecule has 0 N–H and O–H groups in total. The van der Waals surface area contributed by atoms with E-state index in [-0.39, 0.29) is 0 Å². The maximum absolute atomic E-state index is 6.22. The molecule has 0 saturated heterocycles. The summed E-state index contributed by atoms with van der Waals surface area (Å²) in [6, 6.07) is 4.03. The molecule has 0 atom stereocenters. The highest BCUT2D eigenvalue weighted by Crippen LogP contribution is 2.21. The van der Waals surface area contributed by atoms with Gasteiger partial charge in [-0.25, -0.2) is 9.50 Å². The standard InChI is InChI=1S/C13H18ClN3/c1-8(2)5-12-15-13-7-10(9(3)4)6-11(14)17(13)16-12/h6-9H,5H2,1-4H3. The highest BCUT2D eigenvalue weighted by molar-refractivity contribution is 6.29. The number of hydrogen-bond donors (Lipinski definition) is 0. The summed E-state index contributed by atoms with van der Waals surface area (Å²) in [7, 11) is 0. The Kier molecular flexibility index (Phi) is 3.38. The molecule has 0 aromatic carbocycles. The fraction of sp³-hybridized carbons (Fsp3) is 0.538. The Morgan fingerprint density at radius 1 is 1.24 bits per heavy atom. The van der Waals surface area contributed by atoms with Crippen LogP contribution in [-0.4, -0.2) is 14.6 Å². The van der Waals surface area contributed by atoms with Gasteiger partial charge in [0, 0.05) is 6.42 Å². The Balaban J connectivity index is 2.49. The summed E-state index contributed by atoms with van der Waals surface area (Å²) in [5.41, 5.74) is 2.04. The molecule has 2 rings (SSSR count). The quantitative estimate of drug-likeness (QED) is 0.779. The van der Waals surface area contributed by atoms with Crippen LogP contribution < -0.4 is 0 Å². The van der Waals surface area contributed by atoms with Crippen LogP contribution in [0.5, 0.6) is 0 Å². The fourth-order valence-corrected chi connectivity index (χ4v) is 2.04. The van der Waals surface area contributed by atoms with Crippen molar-refractivity contribution in [1.82, 2.24) is 14.6 Å². The van der Waals surface area contributed by atoms with Crippen LogP contribution >= 0.6 is 11.6 Å². The lowest BCUT2D eigenvalue weighted by atomic mass is 10.1. The van der Waals surface area contributed by atoms with E-state index in [0.29, 0.717) is 17.0 Å². The molecule has 4 heteroatoms. The van der Waals surface area contributed by atoms with Gasteiger partial charge in [0.2, 0.25) is 0 Å². The zero-order chi connectivity index (χ0) is 12.6. The molecule has 0 aliphatic carbocycles. The van der Waals surface area contributed by atoms with E-state index in [0.717, 1.165) is 17.9 Å². The molecule has 0 aliphatic rings. The molecule has 0 aliphatic heterocycles.